The molecule has 0 radical (unpaired) electrons. The molecule has 0 fully saturated rings. The van der Waals surface area contributed by atoms with Gasteiger partial charge >= 0.3 is 0 Å². The van der Waals surface area contributed by atoms with Crippen LogP contribution in [0.3, 0.4) is 0 Å². The van der Waals surface area contributed by atoms with Crippen LogP contribution in [0, 0.1) is 0 Å². The highest BCUT2D eigenvalue weighted by Gasteiger charge is 2.14. The van der Waals surface area contributed by atoms with Crippen molar-refractivity contribution in [2.75, 3.05) is 51.2 Å². The fourth-order valence-electron chi connectivity index (χ4n) is 2.53. The number of halogens is 2. The molecule has 2 N–H and O–H groups in total. The average Bonchev–Trinajstić information content (AvgIpc) is 2.54. The van der Waals surface area contributed by atoms with Gasteiger partial charge in [-0.05, 0) is 42.0 Å². The van der Waals surface area contributed by atoms with E-state index in [4.69, 9.17) is 38.4 Å². The van der Waals surface area contributed by atoms with E-state index < -0.39 is 0 Å². The summed E-state index contributed by atoms with van der Waals surface area (Å²) in [6, 6.07) is 11.3. The Bertz CT molecular complexity index is 652. The van der Waals surface area contributed by atoms with Gasteiger partial charge in [-0.2, -0.15) is 0 Å². The van der Waals surface area contributed by atoms with Gasteiger partial charge in [0.1, 0.15) is 0 Å². The van der Waals surface area contributed by atoms with Crippen molar-refractivity contribution in [1.82, 2.24) is 0 Å². The molecule has 0 unspecified atom stereocenters. The van der Waals surface area contributed by atoms with Gasteiger partial charge < -0.3 is 20.1 Å². The van der Waals surface area contributed by atoms with Gasteiger partial charge in [0.2, 0.25) is 0 Å². The Labute approximate surface area is 153 Å². The van der Waals surface area contributed by atoms with Crippen molar-refractivity contribution < 1.29 is 9.47 Å². The Morgan fingerprint density at radius 2 is 1.50 bits per heavy atom. The highest BCUT2D eigenvalue weighted by molar-refractivity contribution is 6.35. The zero-order valence-electron chi connectivity index (χ0n) is 13.9. The maximum Gasteiger partial charge on any atom is 0.0637 e. The SMILES string of the molecule is COCCN(CCOC)c1ccc(N)cc1-c1cc(Cl)cc(Cl)c1. The van der Waals surface area contributed by atoms with Gasteiger partial charge in [-0.15, -0.1) is 0 Å². The summed E-state index contributed by atoms with van der Waals surface area (Å²) in [4.78, 5) is 2.20. The molecular weight excluding hydrogens is 347 g/mol. The third-order valence-corrected chi connectivity index (χ3v) is 4.10. The second-order valence-corrected chi connectivity index (χ2v) is 6.28. The Balaban J connectivity index is 2.47. The third-order valence-electron chi connectivity index (χ3n) is 3.67. The van der Waals surface area contributed by atoms with E-state index in [1.54, 1.807) is 20.3 Å². The van der Waals surface area contributed by atoms with Gasteiger partial charge in [-0.25, -0.2) is 0 Å². The molecule has 0 spiro atoms. The minimum absolute atomic E-state index is 0.589. The Morgan fingerprint density at radius 1 is 0.917 bits per heavy atom. The molecule has 2 aromatic rings. The molecule has 2 rings (SSSR count). The predicted molar refractivity (Wildman–Crippen MR) is 102 cm³/mol. The van der Waals surface area contributed by atoms with Crippen molar-refractivity contribution in [3.63, 3.8) is 0 Å². The fraction of sp³-hybridized carbons (Fsp3) is 0.333. The van der Waals surface area contributed by atoms with Crippen LogP contribution in [-0.2, 0) is 9.47 Å². The van der Waals surface area contributed by atoms with Crippen LogP contribution < -0.4 is 10.6 Å². The quantitative estimate of drug-likeness (QED) is 0.703. The first kappa shape index (κ1) is 18.9. The summed E-state index contributed by atoms with van der Waals surface area (Å²) in [5, 5.41) is 1.18. The van der Waals surface area contributed by atoms with Gasteiger partial charge in [0, 0.05) is 54.3 Å². The van der Waals surface area contributed by atoms with E-state index in [1.165, 1.54) is 0 Å². The summed E-state index contributed by atoms with van der Waals surface area (Å²) in [6.45, 7) is 2.71. The molecule has 130 valence electrons. The molecule has 0 aliphatic rings. The Hall–Kier alpha value is -1.46. The standard InChI is InChI=1S/C18H22Cl2N2O2/c1-23-7-5-22(6-8-24-2)18-4-3-16(21)12-17(18)13-9-14(19)11-15(20)10-13/h3-4,9-12H,5-8,21H2,1-2H3. The first-order valence-electron chi connectivity index (χ1n) is 7.64. The zero-order valence-corrected chi connectivity index (χ0v) is 15.4. The van der Waals surface area contributed by atoms with Gasteiger partial charge in [-0.1, -0.05) is 23.2 Å². The van der Waals surface area contributed by atoms with E-state index in [9.17, 15) is 0 Å². The normalized spacial score (nSPS) is 10.8. The molecule has 24 heavy (non-hydrogen) atoms. The largest absolute Gasteiger partial charge is 0.399 e. The van der Waals surface area contributed by atoms with Crippen molar-refractivity contribution in [2.45, 2.75) is 0 Å². The number of hydrogen-bond acceptors (Lipinski definition) is 4. The van der Waals surface area contributed by atoms with Gasteiger partial charge in [-0.3, -0.25) is 0 Å². The van der Waals surface area contributed by atoms with Crippen molar-refractivity contribution in [3.05, 3.63) is 46.4 Å². The molecule has 0 heterocycles. The monoisotopic (exact) mass is 368 g/mol. The van der Waals surface area contributed by atoms with E-state index in [-0.39, 0.29) is 0 Å². The van der Waals surface area contributed by atoms with E-state index in [1.807, 2.05) is 30.3 Å². The second-order valence-electron chi connectivity index (χ2n) is 5.41. The average molecular weight is 369 g/mol. The Morgan fingerprint density at radius 3 is 2.04 bits per heavy atom. The number of rotatable bonds is 8. The molecule has 0 aliphatic heterocycles. The maximum absolute atomic E-state index is 6.17. The van der Waals surface area contributed by atoms with Crippen LogP contribution in [0.1, 0.15) is 0 Å². The first-order chi connectivity index (χ1) is 11.5. The molecule has 0 aromatic heterocycles. The highest BCUT2D eigenvalue weighted by atomic mass is 35.5. The number of nitrogens with two attached hydrogens (primary N) is 1. The van der Waals surface area contributed by atoms with Crippen LogP contribution in [-0.4, -0.2) is 40.5 Å². The molecule has 0 bridgehead atoms. The third kappa shape index (κ3) is 5.02. The van der Waals surface area contributed by atoms with Crippen LogP contribution in [0.5, 0.6) is 0 Å². The summed E-state index contributed by atoms with van der Waals surface area (Å²) in [5.41, 5.74) is 9.63. The van der Waals surface area contributed by atoms with E-state index in [2.05, 4.69) is 4.90 Å². The molecular formula is C18H22Cl2N2O2. The maximum atomic E-state index is 6.17. The lowest BCUT2D eigenvalue weighted by Crippen LogP contribution is -2.31. The molecule has 6 heteroatoms. The number of methoxy groups -OCH3 is 2. The molecule has 0 aliphatic carbocycles. The summed E-state index contributed by atoms with van der Waals surface area (Å²) >= 11 is 12.3. The van der Waals surface area contributed by atoms with Crippen molar-refractivity contribution in [2.24, 2.45) is 0 Å². The number of nitrogens with zero attached hydrogens (tertiary/aromatic N) is 1. The lowest BCUT2D eigenvalue weighted by Gasteiger charge is -2.27. The van der Waals surface area contributed by atoms with E-state index in [0.717, 1.165) is 29.9 Å². The number of anilines is 2. The topological polar surface area (TPSA) is 47.7 Å². The molecule has 0 saturated carbocycles. The van der Waals surface area contributed by atoms with Gasteiger partial charge in [0.25, 0.3) is 0 Å². The second kappa shape index (κ2) is 9.14. The fourth-order valence-corrected chi connectivity index (χ4v) is 3.05. The van der Waals surface area contributed by atoms with Crippen molar-refractivity contribution in [1.29, 1.82) is 0 Å². The van der Waals surface area contributed by atoms with E-state index >= 15 is 0 Å². The first-order valence-corrected chi connectivity index (χ1v) is 8.39. The summed E-state index contributed by atoms with van der Waals surface area (Å²) in [6.07, 6.45) is 0. The molecule has 0 amide bonds. The number of benzene rings is 2. The predicted octanol–water partition coefficient (Wildman–Crippen LogP) is 4.34. The highest BCUT2D eigenvalue weighted by Crippen LogP contribution is 2.35. The zero-order chi connectivity index (χ0) is 17.5. The summed E-state index contributed by atoms with van der Waals surface area (Å²) in [5.74, 6) is 0. The molecule has 0 atom stereocenters. The van der Waals surface area contributed by atoms with E-state index in [0.29, 0.717) is 28.9 Å². The smallest absolute Gasteiger partial charge is 0.0637 e. The number of nitrogen functional groups attached to an aromatic ring is 1. The lowest BCUT2D eigenvalue weighted by molar-refractivity contribution is 0.190. The van der Waals surface area contributed by atoms with Crippen molar-refractivity contribution >= 4 is 34.6 Å². The van der Waals surface area contributed by atoms with Crippen LogP contribution >= 0.6 is 23.2 Å². The summed E-state index contributed by atoms with van der Waals surface area (Å²) < 4.78 is 10.5. The lowest BCUT2D eigenvalue weighted by atomic mass is 10.0. The van der Waals surface area contributed by atoms with Crippen LogP contribution in [0.2, 0.25) is 10.0 Å². The van der Waals surface area contributed by atoms with Gasteiger partial charge in [0.15, 0.2) is 0 Å². The Kier molecular flexibility index (Phi) is 7.18. The molecule has 0 saturated heterocycles. The number of ether oxygens (including phenoxy) is 2. The molecule has 2 aromatic carbocycles. The minimum Gasteiger partial charge on any atom is -0.399 e. The van der Waals surface area contributed by atoms with Crippen LogP contribution in [0.25, 0.3) is 11.1 Å². The van der Waals surface area contributed by atoms with Crippen molar-refractivity contribution in [3.8, 4) is 11.1 Å². The van der Waals surface area contributed by atoms with Gasteiger partial charge in [0.05, 0.1) is 13.2 Å². The van der Waals surface area contributed by atoms with Crippen LogP contribution in [0.15, 0.2) is 36.4 Å². The van der Waals surface area contributed by atoms with Crippen LogP contribution in [0.4, 0.5) is 11.4 Å². The summed E-state index contributed by atoms with van der Waals surface area (Å²) in [7, 11) is 3.38. The number of hydrogen-bond donors (Lipinski definition) is 1. The molecule has 4 nitrogen and oxygen atoms in total. The minimum atomic E-state index is 0.589.